The summed E-state index contributed by atoms with van der Waals surface area (Å²) in [6, 6.07) is 12.6. The predicted octanol–water partition coefficient (Wildman–Crippen LogP) is 4.50. The summed E-state index contributed by atoms with van der Waals surface area (Å²) in [4.78, 5) is 0. The van der Waals surface area contributed by atoms with Crippen LogP contribution in [0.15, 0.2) is 45.3 Å². The lowest BCUT2D eigenvalue weighted by atomic mass is 10.1. The van der Waals surface area contributed by atoms with Crippen molar-refractivity contribution in [3.05, 3.63) is 56.0 Å². The molecule has 2 nitrogen and oxygen atoms in total. The molecule has 1 N–H and O–H groups in total. The van der Waals surface area contributed by atoms with Gasteiger partial charge in [0.25, 0.3) is 0 Å². The van der Waals surface area contributed by atoms with Crippen molar-refractivity contribution in [2.45, 2.75) is 19.5 Å². The minimum Gasteiger partial charge on any atom is -0.454 e. The molecule has 1 unspecified atom stereocenters. The molecule has 0 aliphatic carbocycles. The third kappa shape index (κ3) is 3.82. The Morgan fingerprint density at radius 1 is 1.24 bits per heavy atom. The lowest BCUT2D eigenvalue weighted by Gasteiger charge is -2.13. The number of furan rings is 1. The van der Waals surface area contributed by atoms with E-state index in [4.69, 9.17) is 4.42 Å². The summed E-state index contributed by atoms with van der Waals surface area (Å²) in [5.41, 5.74) is 1.27. The van der Waals surface area contributed by atoms with E-state index in [0.717, 1.165) is 20.5 Å². The smallest absolute Gasteiger partial charge is 0.164 e. The van der Waals surface area contributed by atoms with Crippen molar-refractivity contribution in [2.75, 3.05) is 0 Å². The highest BCUT2D eigenvalue weighted by molar-refractivity contribution is 14.1. The first-order chi connectivity index (χ1) is 8.15. The second-order valence-electron chi connectivity index (χ2n) is 3.86. The highest BCUT2D eigenvalue weighted by Crippen LogP contribution is 2.17. The van der Waals surface area contributed by atoms with Gasteiger partial charge < -0.3 is 9.73 Å². The van der Waals surface area contributed by atoms with E-state index in [0.29, 0.717) is 6.04 Å². The Hall–Kier alpha value is -0.330. The molecule has 2 aromatic rings. The predicted molar refractivity (Wildman–Crippen MR) is 80.8 cm³/mol. The number of halogens is 2. The van der Waals surface area contributed by atoms with Gasteiger partial charge >= 0.3 is 0 Å². The van der Waals surface area contributed by atoms with Crippen LogP contribution in [0.5, 0.6) is 0 Å². The van der Waals surface area contributed by atoms with Gasteiger partial charge in [-0.05, 0) is 59.3 Å². The molecule has 2 rings (SSSR count). The topological polar surface area (TPSA) is 25.2 Å². The molecule has 1 atom stereocenters. The van der Waals surface area contributed by atoms with Crippen LogP contribution in [0.2, 0.25) is 0 Å². The standard InChI is InChI=1S/C13H13BrINO/c1-9(10-2-4-11(14)5-3-10)16-8-12-6-7-13(15)17-12/h2-7,9,16H,8H2,1H3. The van der Waals surface area contributed by atoms with E-state index in [1.54, 1.807) is 0 Å². The fraction of sp³-hybridized carbons (Fsp3) is 0.231. The summed E-state index contributed by atoms with van der Waals surface area (Å²) < 4.78 is 7.54. The van der Waals surface area contributed by atoms with Crippen LogP contribution in [0.25, 0.3) is 0 Å². The van der Waals surface area contributed by atoms with Crippen LogP contribution in [0.4, 0.5) is 0 Å². The Morgan fingerprint density at radius 2 is 1.94 bits per heavy atom. The van der Waals surface area contributed by atoms with E-state index in [-0.39, 0.29) is 0 Å². The maximum absolute atomic E-state index is 5.51. The van der Waals surface area contributed by atoms with E-state index in [2.05, 4.69) is 75.0 Å². The van der Waals surface area contributed by atoms with Crippen molar-refractivity contribution < 1.29 is 4.42 Å². The molecule has 1 aromatic heterocycles. The third-order valence-corrected chi connectivity index (χ3v) is 3.69. The molecule has 0 saturated heterocycles. The Labute approximate surface area is 123 Å². The van der Waals surface area contributed by atoms with E-state index in [1.165, 1.54) is 5.56 Å². The fourth-order valence-electron chi connectivity index (χ4n) is 1.57. The minimum absolute atomic E-state index is 0.311. The molecule has 4 heteroatoms. The normalized spacial score (nSPS) is 12.6. The fourth-order valence-corrected chi connectivity index (χ4v) is 2.30. The maximum Gasteiger partial charge on any atom is 0.164 e. The molecule has 0 saturated carbocycles. The maximum atomic E-state index is 5.51. The number of hydrogen-bond acceptors (Lipinski definition) is 2. The van der Waals surface area contributed by atoms with Crippen LogP contribution in [0.3, 0.4) is 0 Å². The molecule has 0 amide bonds. The van der Waals surface area contributed by atoms with Crippen molar-refractivity contribution in [3.63, 3.8) is 0 Å². The van der Waals surface area contributed by atoms with E-state index in [9.17, 15) is 0 Å². The molecule has 90 valence electrons. The first kappa shape index (κ1) is 13.1. The summed E-state index contributed by atoms with van der Waals surface area (Å²) in [7, 11) is 0. The highest BCUT2D eigenvalue weighted by Gasteiger charge is 2.06. The first-order valence-corrected chi connectivity index (χ1v) is 7.25. The van der Waals surface area contributed by atoms with Crippen LogP contribution < -0.4 is 5.32 Å². The van der Waals surface area contributed by atoms with Crippen LogP contribution in [-0.2, 0) is 6.54 Å². The molecule has 0 radical (unpaired) electrons. The van der Waals surface area contributed by atoms with Gasteiger partial charge in [0, 0.05) is 10.5 Å². The van der Waals surface area contributed by atoms with Crippen molar-refractivity contribution in [1.82, 2.24) is 5.32 Å². The number of hydrogen-bond donors (Lipinski definition) is 1. The highest BCUT2D eigenvalue weighted by atomic mass is 127. The average molecular weight is 406 g/mol. The first-order valence-electron chi connectivity index (χ1n) is 5.38. The number of nitrogens with one attached hydrogen (secondary N) is 1. The molecule has 0 spiro atoms. The molecule has 0 fully saturated rings. The third-order valence-electron chi connectivity index (χ3n) is 2.58. The zero-order valence-electron chi connectivity index (χ0n) is 9.41. The number of benzene rings is 1. The second-order valence-corrected chi connectivity index (χ2v) is 5.84. The summed E-state index contributed by atoms with van der Waals surface area (Å²) in [6.07, 6.45) is 0. The second kappa shape index (κ2) is 6.02. The van der Waals surface area contributed by atoms with Crippen molar-refractivity contribution >= 4 is 38.5 Å². The molecule has 0 aliphatic heterocycles. The van der Waals surface area contributed by atoms with Crippen LogP contribution in [0.1, 0.15) is 24.3 Å². The van der Waals surface area contributed by atoms with E-state index >= 15 is 0 Å². The summed E-state index contributed by atoms with van der Waals surface area (Å²) in [5, 5.41) is 3.44. The zero-order chi connectivity index (χ0) is 12.3. The Balaban J connectivity index is 1.93. The van der Waals surface area contributed by atoms with Gasteiger partial charge in [-0.25, -0.2) is 0 Å². The SMILES string of the molecule is CC(NCc1ccc(I)o1)c1ccc(Br)cc1. The monoisotopic (exact) mass is 405 g/mol. The van der Waals surface area contributed by atoms with Gasteiger partial charge in [0.2, 0.25) is 0 Å². The van der Waals surface area contributed by atoms with Crippen molar-refractivity contribution in [1.29, 1.82) is 0 Å². The van der Waals surface area contributed by atoms with Crippen LogP contribution in [-0.4, -0.2) is 0 Å². The minimum atomic E-state index is 0.311. The quantitative estimate of drug-likeness (QED) is 0.757. The van der Waals surface area contributed by atoms with Crippen molar-refractivity contribution in [2.24, 2.45) is 0 Å². The van der Waals surface area contributed by atoms with Gasteiger partial charge in [-0.2, -0.15) is 0 Å². The molecule has 0 bridgehead atoms. The van der Waals surface area contributed by atoms with Crippen molar-refractivity contribution in [3.8, 4) is 0 Å². The number of rotatable bonds is 4. The van der Waals surface area contributed by atoms with E-state index < -0.39 is 0 Å². The summed E-state index contributed by atoms with van der Waals surface area (Å²) >= 11 is 5.61. The van der Waals surface area contributed by atoms with Gasteiger partial charge in [-0.3, -0.25) is 0 Å². The average Bonchev–Trinajstić information content (AvgIpc) is 2.73. The van der Waals surface area contributed by atoms with Gasteiger partial charge in [-0.15, -0.1) is 0 Å². The molecular formula is C13H13BrINO. The van der Waals surface area contributed by atoms with Crippen LogP contribution in [0, 0.1) is 3.77 Å². The van der Waals surface area contributed by atoms with E-state index in [1.807, 2.05) is 12.1 Å². The lowest BCUT2D eigenvalue weighted by Crippen LogP contribution is -2.17. The molecule has 1 heterocycles. The van der Waals surface area contributed by atoms with Gasteiger partial charge in [-0.1, -0.05) is 28.1 Å². The molecule has 0 aliphatic rings. The molecule has 17 heavy (non-hydrogen) atoms. The largest absolute Gasteiger partial charge is 0.454 e. The van der Waals surface area contributed by atoms with Gasteiger partial charge in [0.05, 0.1) is 6.54 Å². The van der Waals surface area contributed by atoms with Crippen LogP contribution >= 0.6 is 38.5 Å². The Morgan fingerprint density at radius 3 is 2.53 bits per heavy atom. The lowest BCUT2D eigenvalue weighted by molar-refractivity contribution is 0.445. The van der Waals surface area contributed by atoms with Gasteiger partial charge in [0.15, 0.2) is 3.77 Å². The Kier molecular flexibility index (Phi) is 4.64. The molecular weight excluding hydrogens is 393 g/mol. The summed E-state index contributed by atoms with van der Waals surface area (Å²) in [5.74, 6) is 0.971. The summed E-state index contributed by atoms with van der Waals surface area (Å²) in [6.45, 7) is 2.90. The Bertz CT molecular complexity index is 480. The van der Waals surface area contributed by atoms with Gasteiger partial charge in [0.1, 0.15) is 5.76 Å². The molecule has 1 aromatic carbocycles. The zero-order valence-corrected chi connectivity index (χ0v) is 13.2.